The van der Waals surface area contributed by atoms with Crippen molar-refractivity contribution in [1.82, 2.24) is 36.0 Å². The quantitative estimate of drug-likeness (QED) is 0.0249. The van der Waals surface area contributed by atoms with E-state index in [0.29, 0.717) is 5.56 Å². The van der Waals surface area contributed by atoms with Crippen LogP contribution in [0.15, 0.2) is 67.8 Å². The Morgan fingerprint density at radius 2 is 1.54 bits per heavy atom. The largest absolute Gasteiger partial charge is 0.507 e. The van der Waals surface area contributed by atoms with Crippen LogP contribution < -0.4 is 37.1 Å². The zero-order chi connectivity index (χ0) is 65.9. The number of fused-ring (bicyclic) bond motifs is 3. The number of nitrogens with one attached hydrogen (secondary N) is 5. The molecule has 30 heteroatoms. The zero-order valence-corrected chi connectivity index (χ0v) is 50.6. The second kappa shape index (κ2) is 30.0. The van der Waals surface area contributed by atoms with Gasteiger partial charge in [-0.25, -0.2) is 9.59 Å². The predicted molar refractivity (Wildman–Crippen MR) is 319 cm³/mol. The van der Waals surface area contributed by atoms with Gasteiger partial charge in [-0.05, 0) is 61.6 Å². The molecule has 9 amide bonds. The Morgan fingerprint density at radius 1 is 0.889 bits per heavy atom. The van der Waals surface area contributed by atoms with Crippen LogP contribution in [-0.4, -0.2) is 199 Å². The molecule has 484 valence electrons. The maximum absolute atomic E-state index is 14.1. The molecule has 0 saturated carbocycles. The lowest BCUT2D eigenvalue weighted by Gasteiger charge is -2.42. The third kappa shape index (κ3) is 15.9. The van der Waals surface area contributed by atoms with Gasteiger partial charge in [-0.3, -0.25) is 43.2 Å². The summed E-state index contributed by atoms with van der Waals surface area (Å²) >= 11 is 1.11. The Labute approximate surface area is 520 Å². The van der Waals surface area contributed by atoms with Gasteiger partial charge in [0.05, 0.1) is 67.8 Å². The third-order valence-electron chi connectivity index (χ3n) is 15.6. The summed E-state index contributed by atoms with van der Waals surface area (Å²) in [4.78, 5) is 148. The number of carbonyl (C=O) groups is 11. The molecule has 2 unspecified atom stereocenters. The second-order valence-corrected chi connectivity index (χ2v) is 23.2. The van der Waals surface area contributed by atoms with Crippen molar-refractivity contribution in [1.29, 1.82) is 0 Å². The Kier molecular flexibility index (Phi) is 22.9. The average molecular weight is 1270 g/mol. The van der Waals surface area contributed by atoms with Gasteiger partial charge < -0.3 is 91.5 Å². The number of urea groups is 1. The van der Waals surface area contributed by atoms with E-state index in [-0.39, 0.29) is 110 Å². The van der Waals surface area contributed by atoms with Crippen molar-refractivity contribution in [3.8, 4) is 17.2 Å². The number of thioether (sulfide) groups is 1. The lowest BCUT2D eigenvalue weighted by Crippen LogP contribution is -2.59. The van der Waals surface area contributed by atoms with Crippen LogP contribution in [0.4, 0.5) is 15.3 Å². The molecule has 12 N–H and O–H groups in total. The first-order valence-corrected chi connectivity index (χ1v) is 29.8. The number of nitrogens with zero attached hydrogens (tertiary/aromatic N) is 3. The molecule has 2 fully saturated rings. The molecule has 2 aliphatic heterocycles. The van der Waals surface area contributed by atoms with Crippen molar-refractivity contribution in [2.75, 3.05) is 57.1 Å². The molecule has 7 rings (SSSR count). The summed E-state index contributed by atoms with van der Waals surface area (Å²) in [7, 11) is 1.28. The van der Waals surface area contributed by atoms with Crippen LogP contribution in [0, 0.1) is 5.92 Å². The maximum atomic E-state index is 14.1. The number of methoxy groups -OCH3 is 1. The molecule has 3 aromatic carbocycles. The summed E-state index contributed by atoms with van der Waals surface area (Å²) in [6.07, 6.45) is -5.73. The van der Waals surface area contributed by atoms with Gasteiger partial charge in [0, 0.05) is 60.4 Å². The van der Waals surface area contributed by atoms with E-state index in [2.05, 4.69) is 39.7 Å². The summed E-state index contributed by atoms with van der Waals surface area (Å²) < 4.78 is 23.0. The van der Waals surface area contributed by atoms with Crippen LogP contribution in [0.2, 0.25) is 0 Å². The molecule has 8 atom stereocenters. The summed E-state index contributed by atoms with van der Waals surface area (Å²) in [5.74, 6) is -8.07. The first-order chi connectivity index (χ1) is 42.7. The maximum Gasteiger partial charge on any atom is 0.407 e. The number of ether oxygens (including phenoxy) is 4. The van der Waals surface area contributed by atoms with Crippen molar-refractivity contribution < 1.29 is 97.2 Å². The first-order valence-electron chi connectivity index (χ1n) is 28.6. The molecule has 3 aromatic rings. The molecule has 0 radical (unpaired) electrons. The monoisotopic (exact) mass is 1270 g/mol. The van der Waals surface area contributed by atoms with E-state index < -0.39 is 155 Å². The number of hydrogen-bond donors (Lipinski definition) is 11. The number of nitrogens with two attached hydrogens (primary N) is 1. The van der Waals surface area contributed by atoms with E-state index in [4.69, 9.17) is 24.7 Å². The fourth-order valence-corrected chi connectivity index (χ4v) is 11.6. The molecule has 0 spiro atoms. The number of anilines is 1. The van der Waals surface area contributed by atoms with Crippen molar-refractivity contribution in [2.24, 2.45) is 11.7 Å². The number of hydrogen-bond acceptors (Lipinski definition) is 21. The molecular weight excluding hydrogens is 1200 g/mol. The van der Waals surface area contributed by atoms with Crippen molar-refractivity contribution in [3.63, 3.8) is 0 Å². The second-order valence-electron chi connectivity index (χ2n) is 22.1. The number of aliphatic hydroxyl groups excluding tert-OH is 2. The van der Waals surface area contributed by atoms with Gasteiger partial charge in [0.2, 0.25) is 41.2 Å². The smallest absolute Gasteiger partial charge is 0.407 e. The topological polar surface area (TPSA) is 422 Å². The highest BCUT2D eigenvalue weighted by Gasteiger charge is 2.51. The Bertz CT molecular complexity index is 3300. The fourth-order valence-electron chi connectivity index (χ4n) is 10.8. The van der Waals surface area contributed by atoms with Crippen LogP contribution >= 0.6 is 11.8 Å². The normalized spacial score (nSPS) is 20.8. The number of carbonyl (C=O) groups excluding carboxylic acids is 11. The summed E-state index contributed by atoms with van der Waals surface area (Å²) in [5, 5.41) is 69.5. The number of Topliss-reactive ketones (excluding diaryl/α,β-unsaturated/α-hetero) is 1. The van der Waals surface area contributed by atoms with Gasteiger partial charge in [-0.15, -0.1) is 0 Å². The molecular formula is C60H73N9O20S. The number of ketones is 3. The van der Waals surface area contributed by atoms with Crippen LogP contribution in [0.3, 0.4) is 0 Å². The Morgan fingerprint density at radius 3 is 2.17 bits per heavy atom. The lowest BCUT2D eigenvalue weighted by molar-refractivity contribution is -0.249. The number of phenols is 2. The van der Waals surface area contributed by atoms with E-state index in [1.54, 1.807) is 13.8 Å². The van der Waals surface area contributed by atoms with Gasteiger partial charge in [-0.1, -0.05) is 51.3 Å². The highest BCUT2D eigenvalue weighted by atomic mass is 32.2. The number of primary amides is 1. The Hall–Kier alpha value is -8.94. The Balaban J connectivity index is 0.941. The highest BCUT2D eigenvalue weighted by molar-refractivity contribution is 7.99. The summed E-state index contributed by atoms with van der Waals surface area (Å²) in [6.45, 7) is 10.2. The summed E-state index contributed by atoms with van der Waals surface area (Å²) in [5.41, 5.74) is 1.42. The number of aromatic hydroxyl groups is 2. The molecule has 4 aliphatic rings. The number of phenolic OH excluding ortho intramolecular Hbond substituents is 2. The molecule has 0 aromatic heterocycles. The SMILES string of the molecule is C=CC(=O)N1CN(C(=O)C=C)CN(C(=O)CCSCC(=O)N[C@H](C(=O)N[C@@H](CCCNC(N)=O)C(=O)Nc2ccc(COC(=O)NC3C[C@H](OC4C[C@](O)(C(=O)CO)Cc5c(O)c6c(c(O)c54)C(=O)c4c(OC)cccc4C6=O)O[C@@H](C)[C@H]3O)cc2)C(C)C)C1. The van der Waals surface area contributed by atoms with Gasteiger partial charge in [-0.2, -0.15) is 11.8 Å². The molecule has 0 bridgehead atoms. The minimum Gasteiger partial charge on any atom is -0.507 e. The molecule has 29 nitrogen and oxygen atoms in total. The third-order valence-corrected chi connectivity index (χ3v) is 16.5. The number of alkyl carbamates (subject to hydrolysis) is 1. The minimum absolute atomic E-state index is 0.0127. The molecule has 2 heterocycles. The van der Waals surface area contributed by atoms with Crippen LogP contribution in [0.5, 0.6) is 17.2 Å². The van der Waals surface area contributed by atoms with Crippen LogP contribution in [0.25, 0.3) is 0 Å². The summed E-state index contributed by atoms with van der Waals surface area (Å²) in [6, 6.07) is 6.02. The van der Waals surface area contributed by atoms with Gasteiger partial charge in [0.25, 0.3) is 0 Å². The van der Waals surface area contributed by atoms with E-state index in [1.165, 1.54) is 71.2 Å². The van der Waals surface area contributed by atoms with Crippen molar-refractivity contribution >= 4 is 82.4 Å². The van der Waals surface area contributed by atoms with Crippen molar-refractivity contribution in [3.05, 3.63) is 107 Å². The van der Waals surface area contributed by atoms with Crippen LogP contribution in [0.1, 0.15) is 108 Å². The number of rotatable bonds is 25. The molecule has 2 aliphatic carbocycles. The van der Waals surface area contributed by atoms with Gasteiger partial charge in [0.15, 0.2) is 17.9 Å². The zero-order valence-electron chi connectivity index (χ0n) is 49.8. The van der Waals surface area contributed by atoms with Crippen molar-refractivity contribution in [2.45, 2.75) is 114 Å². The highest BCUT2D eigenvalue weighted by Crippen LogP contribution is 2.52. The number of amides is 9. The standard InChI is InChI=1S/C60H73N9O20S/c1-7-42(73)67-27-68(43(74)8-2)29-69(28-67)44(75)18-20-90-26-41(72)66-50(30(3)4)57(82)64-36(12-10-19-62-58(61)83)56(81)63-33-16-14-32(15-17-33)25-87-59(84)65-37-21-45(88-31(5)51(37)76)89-39-23-60(85,40(71)24-70)22-35-47(39)55(80)49-48(53(35)78)52(77)34-11-9-13-38(86-6)46(34)54(49)79/h7-9,11,13-17,30-31,36-37,39,45,50-51,70,76,78,80,85H,1-2,10,12,18-29H2,3-6H3,(H,63,81)(H,64,82)(H,65,84)(H,66,72)(H3,61,62,83)/t31-,36-,37?,39?,45-,50-,51+,60-/m0/s1. The van der Waals surface area contributed by atoms with Gasteiger partial charge in [0.1, 0.15) is 54.3 Å². The predicted octanol–water partition coefficient (Wildman–Crippen LogP) is 0.849. The first kappa shape index (κ1) is 68.5. The minimum atomic E-state index is -2.43. The van der Waals surface area contributed by atoms with Gasteiger partial charge >= 0.3 is 12.1 Å². The van der Waals surface area contributed by atoms with E-state index in [9.17, 15) is 78.3 Å². The van der Waals surface area contributed by atoms with Crippen LogP contribution in [-0.2, 0) is 60.8 Å². The van der Waals surface area contributed by atoms with E-state index in [0.717, 1.165) is 23.9 Å². The molecule has 2 saturated heterocycles. The number of aliphatic hydroxyl groups is 3. The fraction of sp³-hybridized carbons (Fsp3) is 0.450. The lowest BCUT2D eigenvalue weighted by atomic mass is 9.72. The van der Waals surface area contributed by atoms with E-state index in [1.807, 2.05) is 0 Å². The number of benzene rings is 3. The average Bonchev–Trinajstić information content (AvgIpc) is 0.732. The van der Waals surface area contributed by atoms with E-state index >= 15 is 0 Å². The molecule has 90 heavy (non-hydrogen) atoms.